The molecule has 0 aromatic rings. The fourth-order valence-electron chi connectivity index (χ4n) is 1.53. The van der Waals surface area contributed by atoms with Crippen molar-refractivity contribution in [1.82, 2.24) is 4.90 Å². The molecule has 0 radical (unpaired) electrons. The first-order valence-corrected chi connectivity index (χ1v) is 4.55. The minimum atomic E-state index is -0.649. The van der Waals surface area contributed by atoms with Crippen molar-refractivity contribution in [3.8, 4) is 0 Å². The molecular formula is C9H17NO2. The van der Waals surface area contributed by atoms with Gasteiger partial charge in [-0.15, -0.1) is 0 Å². The van der Waals surface area contributed by atoms with Crippen molar-refractivity contribution >= 4 is 5.91 Å². The monoisotopic (exact) mass is 171 g/mol. The van der Waals surface area contributed by atoms with Crippen molar-refractivity contribution in [3.05, 3.63) is 0 Å². The Bertz CT molecular complexity index is 177. The maximum atomic E-state index is 11.3. The van der Waals surface area contributed by atoms with Crippen LogP contribution in [0, 0.1) is 0 Å². The molecule has 1 aliphatic heterocycles. The van der Waals surface area contributed by atoms with Gasteiger partial charge >= 0.3 is 0 Å². The van der Waals surface area contributed by atoms with Crippen LogP contribution in [-0.2, 0) is 4.79 Å². The SMILES string of the molecule is CCCC(=O)N1CCC(C)(O)C1. The molecule has 3 heteroatoms. The van der Waals surface area contributed by atoms with E-state index in [4.69, 9.17) is 0 Å². The Morgan fingerprint density at radius 1 is 1.67 bits per heavy atom. The summed E-state index contributed by atoms with van der Waals surface area (Å²) in [5.41, 5.74) is -0.649. The maximum absolute atomic E-state index is 11.3. The Hall–Kier alpha value is -0.570. The van der Waals surface area contributed by atoms with Crippen molar-refractivity contribution in [2.24, 2.45) is 0 Å². The number of amides is 1. The highest BCUT2D eigenvalue weighted by Crippen LogP contribution is 2.20. The van der Waals surface area contributed by atoms with Crippen LogP contribution < -0.4 is 0 Å². The van der Waals surface area contributed by atoms with E-state index in [0.29, 0.717) is 25.9 Å². The Morgan fingerprint density at radius 2 is 2.33 bits per heavy atom. The van der Waals surface area contributed by atoms with E-state index >= 15 is 0 Å². The minimum Gasteiger partial charge on any atom is -0.388 e. The zero-order valence-electron chi connectivity index (χ0n) is 7.84. The topological polar surface area (TPSA) is 40.5 Å². The number of hydrogen-bond donors (Lipinski definition) is 1. The summed E-state index contributed by atoms with van der Waals surface area (Å²) < 4.78 is 0. The standard InChI is InChI=1S/C9H17NO2/c1-3-4-8(11)10-6-5-9(2,12)7-10/h12H,3-7H2,1-2H3. The van der Waals surface area contributed by atoms with Gasteiger partial charge < -0.3 is 10.0 Å². The van der Waals surface area contributed by atoms with Gasteiger partial charge in [-0.3, -0.25) is 4.79 Å². The highest BCUT2D eigenvalue weighted by atomic mass is 16.3. The molecule has 0 saturated carbocycles. The molecular weight excluding hydrogens is 154 g/mol. The van der Waals surface area contributed by atoms with Crippen LogP contribution in [0.3, 0.4) is 0 Å². The summed E-state index contributed by atoms with van der Waals surface area (Å²) in [6.07, 6.45) is 2.20. The molecule has 0 bridgehead atoms. The van der Waals surface area contributed by atoms with Gasteiger partial charge in [-0.25, -0.2) is 0 Å². The number of aliphatic hydroxyl groups is 1. The normalized spacial score (nSPS) is 29.4. The summed E-state index contributed by atoms with van der Waals surface area (Å²) >= 11 is 0. The predicted molar refractivity (Wildman–Crippen MR) is 46.7 cm³/mol. The molecule has 1 rings (SSSR count). The second kappa shape index (κ2) is 3.44. The Labute approximate surface area is 73.4 Å². The number of carbonyl (C=O) groups excluding carboxylic acids is 1. The van der Waals surface area contributed by atoms with Gasteiger partial charge in [0.2, 0.25) is 5.91 Å². The van der Waals surface area contributed by atoms with E-state index in [1.54, 1.807) is 11.8 Å². The lowest BCUT2D eigenvalue weighted by Crippen LogP contribution is -2.33. The van der Waals surface area contributed by atoms with Gasteiger partial charge in [-0.2, -0.15) is 0 Å². The van der Waals surface area contributed by atoms with Crippen molar-refractivity contribution in [2.45, 2.75) is 38.7 Å². The molecule has 1 aliphatic rings. The van der Waals surface area contributed by atoms with Crippen LogP contribution >= 0.6 is 0 Å². The molecule has 0 spiro atoms. The van der Waals surface area contributed by atoms with Gasteiger partial charge in [-0.1, -0.05) is 6.92 Å². The van der Waals surface area contributed by atoms with E-state index in [2.05, 4.69) is 0 Å². The average molecular weight is 171 g/mol. The van der Waals surface area contributed by atoms with Gasteiger partial charge in [0.05, 0.1) is 5.60 Å². The quantitative estimate of drug-likeness (QED) is 0.666. The molecule has 0 aromatic carbocycles. The van der Waals surface area contributed by atoms with Gasteiger partial charge in [-0.05, 0) is 19.8 Å². The molecule has 0 aliphatic carbocycles. The van der Waals surface area contributed by atoms with Crippen molar-refractivity contribution in [3.63, 3.8) is 0 Å². The first-order valence-electron chi connectivity index (χ1n) is 4.55. The van der Waals surface area contributed by atoms with Crippen molar-refractivity contribution < 1.29 is 9.90 Å². The number of nitrogens with zero attached hydrogens (tertiary/aromatic N) is 1. The fourth-order valence-corrected chi connectivity index (χ4v) is 1.53. The molecule has 1 amide bonds. The smallest absolute Gasteiger partial charge is 0.222 e. The molecule has 0 aromatic heterocycles. The zero-order valence-corrected chi connectivity index (χ0v) is 7.84. The number of carbonyl (C=O) groups is 1. The summed E-state index contributed by atoms with van der Waals surface area (Å²) in [6, 6.07) is 0. The third kappa shape index (κ3) is 2.21. The third-order valence-corrected chi connectivity index (χ3v) is 2.27. The number of β-amino-alcohol motifs (C(OH)–C–C–N with tert-alkyl or cyclic N) is 1. The fraction of sp³-hybridized carbons (Fsp3) is 0.889. The Morgan fingerprint density at radius 3 is 2.75 bits per heavy atom. The lowest BCUT2D eigenvalue weighted by molar-refractivity contribution is -0.131. The first-order chi connectivity index (χ1) is 5.55. The third-order valence-electron chi connectivity index (χ3n) is 2.27. The molecule has 1 saturated heterocycles. The van der Waals surface area contributed by atoms with Crippen LogP contribution in [0.15, 0.2) is 0 Å². The molecule has 70 valence electrons. The van der Waals surface area contributed by atoms with Crippen molar-refractivity contribution in [1.29, 1.82) is 0 Å². The van der Waals surface area contributed by atoms with E-state index in [1.807, 2.05) is 6.92 Å². The van der Waals surface area contributed by atoms with Gasteiger partial charge in [0, 0.05) is 19.5 Å². The summed E-state index contributed by atoms with van der Waals surface area (Å²) in [6.45, 7) is 5.00. The van der Waals surface area contributed by atoms with Crippen molar-refractivity contribution in [2.75, 3.05) is 13.1 Å². The van der Waals surface area contributed by atoms with Crippen LogP contribution in [-0.4, -0.2) is 34.6 Å². The summed E-state index contributed by atoms with van der Waals surface area (Å²) in [7, 11) is 0. The first kappa shape index (κ1) is 9.52. The molecule has 1 unspecified atom stereocenters. The van der Waals surface area contributed by atoms with Crippen LogP contribution in [0.5, 0.6) is 0 Å². The van der Waals surface area contributed by atoms with Crippen LogP contribution in [0.4, 0.5) is 0 Å². The number of rotatable bonds is 2. The van der Waals surface area contributed by atoms with E-state index < -0.39 is 5.60 Å². The molecule has 1 atom stereocenters. The van der Waals surface area contributed by atoms with Gasteiger partial charge in [0.1, 0.15) is 0 Å². The highest BCUT2D eigenvalue weighted by molar-refractivity contribution is 5.76. The number of likely N-dealkylation sites (tertiary alicyclic amines) is 1. The van der Waals surface area contributed by atoms with E-state index in [9.17, 15) is 9.90 Å². The van der Waals surface area contributed by atoms with E-state index in [0.717, 1.165) is 6.42 Å². The van der Waals surface area contributed by atoms with Crippen LogP contribution in [0.25, 0.3) is 0 Å². The lowest BCUT2D eigenvalue weighted by atomic mass is 10.1. The van der Waals surface area contributed by atoms with Gasteiger partial charge in [0.15, 0.2) is 0 Å². The van der Waals surface area contributed by atoms with Gasteiger partial charge in [0.25, 0.3) is 0 Å². The van der Waals surface area contributed by atoms with E-state index in [-0.39, 0.29) is 5.91 Å². The number of hydrogen-bond acceptors (Lipinski definition) is 2. The summed E-state index contributed by atoms with van der Waals surface area (Å²) in [5.74, 6) is 0.176. The van der Waals surface area contributed by atoms with Crippen LogP contribution in [0.2, 0.25) is 0 Å². The average Bonchev–Trinajstić information content (AvgIpc) is 2.31. The molecule has 1 heterocycles. The molecule has 12 heavy (non-hydrogen) atoms. The summed E-state index contributed by atoms with van der Waals surface area (Å²) in [5, 5.41) is 9.59. The molecule has 1 fully saturated rings. The largest absolute Gasteiger partial charge is 0.388 e. The predicted octanol–water partition coefficient (Wildman–Crippen LogP) is 0.770. The second-order valence-corrected chi connectivity index (χ2v) is 3.81. The lowest BCUT2D eigenvalue weighted by Gasteiger charge is -2.18. The van der Waals surface area contributed by atoms with Crippen LogP contribution in [0.1, 0.15) is 33.1 Å². The zero-order chi connectivity index (χ0) is 9.19. The van der Waals surface area contributed by atoms with E-state index in [1.165, 1.54) is 0 Å². The molecule has 1 N–H and O–H groups in total. The summed E-state index contributed by atoms with van der Waals surface area (Å²) in [4.78, 5) is 13.1. The molecule has 3 nitrogen and oxygen atoms in total. The minimum absolute atomic E-state index is 0.176. The highest BCUT2D eigenvalue weighted by Gasteiger charge is 2.33. The Kier molecular flexibility index (Phi) is 2.73. The Balaban J connectivity index is 2.41. The maximum Gasteiger partial charge on any atom is 0.222 e. The second-order valence-electron chi connectivity index (χ2n) is 3.81.